The monoisotopic (exact) mass is 567 g/mol. The van der Waals surface area contributed by atoms with Gasteiger partial charge in [-0.15, -0.1) is 13.2 Å². The summed E-state index contributed by atoms with van der Waals surface area (Å²) in [5.74, 6) is -1.85. The number of nitrogens with zero attached hydrogens (tertiary/aromatic N) is 3. The lowest BCUT2D eigenvalue weighted by molar-refractivity contribution is -0.151. The molecule has 3 heterocycles. The van der Waals surface area contributed by atoms with Crippen molar-refractivity contribution in [2.45, 2.75) is 81.0 Å². The van der Waals surface area contributed by atoms with Gasteiger partial charge in [0.25, 0.3) is 0 Å². The molecule has 0 saturated carbocycles. The summed E-state index contributed by atoms with van der Waals surface area (Å²) in [5, 5.41) is 9.10. The molecule has 3 aliphatic heterocycles. The molecule has 36 heavy (non-hydrogen) atoms. The van der Waals surface area contributed by atoms with E-state index in [9.17, 15) is 14.4 Å². The van der Waals surface area contributed by atoms with Crippen molar-refractivity contribution in [1.82, 2.24) is 14.7 Å². The number of carbonyl (C=O) groups is 3. The van der Waals surface area contributed by atoms with E-state index >= 15 is 0 Å². The van der Waals surface area contributed by atoms with Gasteiger partial charge in [0.1, 0.15) is 11.6 Å². The average molecular weight is 569 g/mol. The minimum atomic E-state index is -1.06. The highest BCUT2D eigenvalue weighted by Crippen LogP contribution is 2.60. The van der Waals surface area contributed by atoms with Gasteiger partial charge in [0.2, 0.25) is 17.7 Å². The van der Waals surface area contributed by atoms with Gasteiger partial charge in [0, 0.05) is 43.7 Å². The first-order chi connectivity index (χ1) is 17.0. The first-order valence-electron chi connectivity index (χ1n) is 13.0. The van der Waals surface area contributed by atoms with Crippen LogP contribution in [0.4, 0.5) is 0 Å². The number of aliphatic hydroxyl groups excluding tert-OH is 1. The summed E-state index contributed by atoms with van der Waals surface area (Å²) in [6, 6.07) is -0.806. The van der Waals surface area contributed by atoms with Crippen molar-refractivity contribution in [3.05, 3.63) is 25.3 Å². The van der Waals surface area contributed by atoms with Crippen LogP contribution in [-0.4, -0.2) is 98.9 Å². The fourth-order valence-electron chi connectivity index (χ4n) is 6.19. The molecule has 2 bridgehead atoms. The summed E-state index contributed by atoms with van der Waals surface area (Å²) >= 11 is 3.72. The number of hydrogen-bond donors (Lipinski definition) is 1. The van der Waals surface area contributed by atoms with Crippen molar-refractivity contribution in [3.8, 4) is 0 Å². The molecule has 8 nitrogen and oxygen atoms in total. The van der Waals surface area contributed by atoms with Crippen LogP contribution in [0.25, 0.3) is 0 Å². The summed E-state index contributed by atoms with van der Waals surface area (Å²) in [5.41, 5.74) is -1.54. The molecule has 3 fully saturated rings. The predicted octanol–water partition coefficient (Wildman–Crippen LogP) is 2.74. The molecule has 3 rings (SSSR count). The Morgan fingerprint density at radius 1 is 1.17 bits per heavy atom. The average Bonchev–Trinajstić information content (AvgIpc) is 3.39. The van der Waals surface area contributed by atoms with Gasteiger partial charge in [-0.25, -0.2) is 0 Å². The number of aliphatic hydroxyl groups is 1. The molecule has 0 aromatic rings. The molecule has 1 spiro atoms. The van der Waals surface area contributed by atoms with Crippen molar-refractivity contribution in [2.24, 2.45) is 11.8 Å². The maximum Gasteiger partial charge on any atom is 0.249 e. The van der Waals surface area contributed by atoms with Crippen molar-refractivity contribution in [2.75, 3.05) is 33.3 Å². The first kappa shape index (κ1) is 28.9. The van der Waals surface area contributed by atoms with Crippen LogP contribution >= 0.6 is 15.9 Å². The maximum atomic E-state index is 14.3. The highest BCUT2D eigenvalue weighted by molar-refractivity contribution is 9.09. The largest absolute Gasteiger partial charge is 0.396 e. The molecule has 0 radical (unpaired) electrons. The molecule has 6 atom stereocenters. The van der Waals surface area contributed by atoms with E-state index in [1.54, 1.807) is 33.9 Å². The molecule has 0 aliphatic carbocycles. The fraction of sp³-hybridized carbons (Fsp3) is 0.741. The van der Waals surface area contributed by atoms with Crippen LogP contribution in [0.5, 0.6) is 0 Å². The normalized spacial score (nSPS) is 30.9. The van der Waals surface area contributed by atoms with E-state index in [1.165, 1.54) is 0 Å². The standard InChI is InChI=1S/C27H42BrN3O5/c1-7-13-29(6)23(33)19-20-24(34)30(15-11-9-10-12-16-32)22(27(20)17-18(28)21(19)36-27)25(35)31(14-8-2)26(3,4)5/h7-8,18-22,32H,1-2,9-17H2,3-6H3/t18?,19-,20+,21-,22?,27?/m1/s1. The highest BCUT2D eigenvalue weighted by atomic mass is 79.9. The summed E-state index contributed by atoms with van der Waals surface area (Å²) in [6.45, 7) is 14.8. The second-order valence-electron chi connectivity index (χ2n) is 11.2. The second-order valence-corrected chi connectivity index (χ2v) is 12.4. The fourth-order valence-corrected chi connectivity index (χ4v) is 7.13. The molecule has 0 aromatic carbocycles. The van der Waals surface area contributed by atoms with E-state index in [-0.39, 0.29) is 29.2 Å². The van der Waals surface area contributed by atoms with E-state index in [0.29, 0.717) is 38.9 Å². The Morgan fingerprint density at radius 3 is 2.39 bits per heavy atom. The van der Waals surface area contributed by atoms with Gasteiger partial charge < -0.3 is 24.5 Å². The van der Waals surface area contributed by atoms with Crippen molar-refractivity contribution >= 4 is 33.7 Å². The van der Waals surface area contributed by atoms with Gasteiger partial charge in [-0.1, -0.05) is 40.9 Å². The summed E-state index contributed by atoms with van der Waals surface area (Å²) in [6.07, 6.45) is 6.50. The molecule has 3 amide bonds. The lowest BCUT2D eigenvalue weighted by atomic mass is 9.70. The van der Waals surface area contributed by atoms with Gasteiger partial charge in [-0.2, -0.15) is 0 Å². The Kier molecular flexibility index (Phi) is 9.10. The number of fused-ring (bicyclic) bond motifs is 1. The quantitative estimate of drug-likeness (QED) is 0.222. The lowest BCUT2D eigenvalue weighted by Gasteiger charge is -2.42. The molecular weight excluding hydrogens is 526 g/mol. The third kappa shape index (κ3) is 5.03. The Hall–Kier alpha value is -1.71. The number of likely N-dealkylation sites (N-methyl/N-ethyl adjacent to an activating group) is 1. The van der Waals surface area contributed by atoms with Gasteiger partial charge in [0.15, 0.2) is 0 Å². The van der Waals surface area contributed by atoms with Crippen LogP contribution in [0.3, 0.4) is 0 Å². The van der Waals surface area contributed by atoms with Gasteiger partial charge in [-0.05, 0) is 40.0 Å². The van der Waals surface area contributed by atoms with Crippen LogP contribution in [0.1, 0.15) is 52.9 Å². The van der Waals surface area contributed by atoms with E-state index in [1.807, 2.05) is 20.8 Å². The number of alkyl halides is 1. The highest BCUT2D eigenvalue weighted by Gasteiger charge is 2.76. The number of ether oxygens (including phenoxy) is 1. The summed E-state index contributed by atoms with van der Waals surface area (Å²) < 4.78 is 6.59. The number of rotatable bonds is 12. The number of hydrogen-bond acceptors (Lipinski definition) is 5. The Morgan fingerprint density at radius 2 is 1.81 bits per heavy atom. The number of halogens is 1. The van der Waals surface area contributed by atoms with Gasteiger partial charge in [0.05, 0.1) is 17.9 Å². The minimum Gasteiger partial charge on any atom is -0.396 e. The summed E-state index contributed by atoms with van der Waals surface area (Å²) in [7, 11) is 1.71. The molecule has 1 N–H and O–H groups in total. The number of carbonyl (C=O) groups excluding carboxylic acids is 3. The van der Waals surface area contributed by atoms with E-state index in [0.717, 1.165) is 12.8 Å². The Balaban J connectivity index is 2.02. The molecule has 3 unspecified atom stereocenters. The SMILES string of the molecule is C=CCN(C)C(=O)[C@H]1[C@@H]2OC3(CC2Br)C(C(=O)N(CC=C)C(C)(C)C)N(CCCCCCO)C(=O)[C@H]13. The first-order valence-corrected chi connectivity index (χ1v) is 13.9. The van der Waals surface area contributed by atoms with E-state index in [4.69, 9.17) is 9.84 Å². The van der Waals surface area contributed by atoms with Crippen LogP contribution in [-0.2, 0) is 19.1 Å². The molecule has 3 saturated heterocycles. The lowest BCUT2D eigenvalue weighted by Crippen LogP contribution is -2.60. The zero-order chi connectivity index (χ0) is 26.8. The van der Waals surface area contributed by atoms with Crippen LogP contribution in [0.15, 0.2) is 25.3 Å². The molecule has 0 aromatic heterocycles. The number of unbranched alkanes of at least 4 members (excludes halogenated alkanes) is 3. The van der Waals surface area contributed by atoms with E-state index < -0.39 is 35.1 Å². The van der Waals surface area contributed by atoms with Crippen molar-refractivity contribution in [1.29, 1.82) is 0 Å². The second kappa shape index (κ2) is 11.4. The molecule has 202 valence electrons. The third-order valence-corrected chi connectivity index (χ3v) is 8.63. The van der Waals surface area contributed by atoms with E-state index in [2.05, 4.69) is 29.1 Å². The maximum absolute atomic E-state index is 14.3. The topological polar surface area (TPSA) is 90.4 Å². The van der Waals surface area contributed by atoms with Crippen molar-refractivity contribution in [3.63, 3.8) is 0 Å². The third-order valence-electron chi connectivity index (χ3n) is 7.78. The smallest absolute Gasteiger partial charge is 0.249 e. The number of amides is 3. The molecule has 3 aliphatic rings. The predicted molar refractivity (Wildman–Crippen MR) is 142 cm³/mol. The Labute approximate surface area is 223 Å². The van der Waals surface area contributed by atoms with Gasteiger partial charge in [-0.3, -0.25) is 14.4 Å². The molecule has 9 heteroatoms. The zero-order valence-corrected chi connectivity index (χ0v) is 23.7. The van der Waals surface area contributed by atoms with Crippen LogP contribution in [0, 0.1) is 11.8 Å². The summed E-state index contributed by atoms with van der Waals surface area (Å²) in [4.78, 5) is 46.7. The van der Waals surface area contributed by atoms with Crippen molar-refractivity contribution < 1.29 is 24.2 Å². The van der Waals surface area contributed by atoms with Crippen LogP contribution in [0.2, 0.25) is 0 Å². The minimum absolute atomic E-state index is 0.130. The van der Waals surface area contributed by atoms with Gasteiger partial charge >= 0.3 is 0 Å². The van der Waals surface area contributed by atoms with Crippen LogP contribution < -0.4 is 0 Å². The Bertz CT molecular complexity index is 874. The number of likely N-dealkylation sites (tertiary alicyclic amines) is 1. The molecular formula is C27H42BrN3O5. The zero-order valence-electron chi connectivity index (χ0n) is 22.1.